The van der Waals surface area contributed by atoms with E-state index in [9.17, 15) is 0 Å². The molecule has 0 aliphatic carbocycles. The molecule has 2 rings (SSSR count). The van der Waals surface area contributed by atoms with Crippen LogP contribution in [-0.4, -0.2) is 4.57 Å². The molecule has 1 heterocycles. The van der Waals surface area contributed by atoms with Gasteiger partial charge in [-0.3, -0.25) is 0 Å². The minimum absolute atomic E-state index is 1.10. The van der Waals surface area contributed by atoms with Gasteiger partial charge in [0.05, 0.1) is 3.70 Å². The summed E-state index contributed by atoms with van der Waals surface area (Å²) in [5.74, 6) is 0. The van der Waals surface area contributed by atoms with Crippen LogP contribution in [0.4, 0.5) is 0 Å². The van der Waals surface area contributed by atoms with Crippen molar-refractivity contribution < 1.29 is 0 Å². The summed E-state index contributed by atoms with van der Waals surface area (Å²) in [6.07, 6.45) is 1.17. The van der Waals surface area contributed by atoms with E-state index in [1.807, 2.05) is 0 Å². The molecule has 0 aliphatic rings. The van der Waals surface area contributed by atoms with Crippen LogP contribution in [0.15, 0.2) is 28.7 Å². The topological polar surface area (TPSA) is 4.93 Å². The lowest BCUT2D eigenvalue weighted by molar-refractivity contribution is 0.690. The first-order valence-electron chi connectivity index (χ1n) is 4.66. The largest absolute Gasteiger partial charge is 0.336 e. The highest BCUT2D eigenvalue weighted by molar-refractivity contribution is 14.1. The monoisotopic (exact) mass is 363 g/mol. The number of hydrogen-bond donors (Lipinski definition) is 0. The number of aromatic nitrogens is 1. The van der Waals surface area contributed by atoms with Crippen molar-refractivity contribution in [1.29, 1.82) is 0 Å². The van der Waals surface area contributed by atoms with Crippen LogP contribution >= 0.6 is 38.5 Å². The highest BCUT2D eigenvalue weighted by Gasteiger charge is 2.05. The number of rotatable bonds is 2. The molecule has 0 radical (unpaired) electrons. The quantitative estimate of drug-likeness (QED) is 0.696. The second-order valence-corrected chi connectivity index (χ2v) is 5.34. The standard InChI is InChI=1S/C11H11BrIN/c1-2-5-14-10-7-9(12)4-3-8(10)6-11(14)13/h3-4,6-7H,2,5H2,1H3. The summed E-state index contributed by atoms with van der Waals surface area (Å²) in [5.41, 5.74) is 1.32. The molecule has 1 aromatic heterocycles. The molecule has 0 bridgehead atoms. The van der Waals surface area contributed by atoms with Crippen LogP contribution in [0.25, 0.3) is 10.9 Å². The Morgan fingerprint density at radius 2 is 2.14 bits per heavy atom. The molecule has 0 amide bonds. The molecule has 0 atom stereocenters. The molecule has 0 aliphatic heterocycles. The zero-order chi connectivity index (χ0) is 10.1. The normalized spacial score (nSPS) is 11.1. The van der Waals surface area contributed by atoms with Crippen molar-refractivity contribution >= 4 is 49.4 Å². The van der Waals surface area contributed by atoms with Crippen LogP contribution in [0.1, 0.15) is 13.3 Å². The molecule has 1 nitrogen and oxygen atoms in total. The SMILES string of the molecule is CCCn1c(I)cc2ccc(Br)cc21. The third-order valence-electron chi connectivity index (χ3n) is 2.26. The second-order valence-electron chi connectivity index (χ2n) is 3.32. The van der Waals surface area contributed by atoms with Gasteiger partial charge in [0.2, 0.25) is 0 Å². The number of benzene rings is 1. The summed E-state index contributed by atoms with van der Waals surface area (Å²) in [7, 11) is 0. The van der Waals surface area contributed by atoms with E-state index in [2.05, 4.69) is 74.3 Å². The summed E-state index contributed by atoms with van der Waals surface area (Å²) in [4.78, 5) is 0. The van der Waals surface area contributed by atoms with Gasteiger partial charge in [0.15, 0.2) is 0 Å². The van der Waals surface area contributed by atoms with Gasteiger partial charge in [0, 0.05) is 21.9 Å². The van der Waals surface area contributed by atoms with Gasteiger partial charge in [-0.05, 0) is 47.2 Å². The lowest BCUT2D eigenvalue weighted by atomic mass is 10.2. The smallest absolute Gasteiger partial charge is 0.0809 e. The molecule has 3 heteroatoms. The van der Waals surface area contributed by atoms with Gasteiger partial charge < -0.3 is 4.57 Å². The van der Waals surface area contributed by atoms with Crippen LogP contribution in [0.5, 0.6) is 0 Å². The maximum atomic E-state index is 3.51. The Balaban J connectivity index is 2.66. The first kappa shape index (κ1) is 10.5. The van der Waals surface area contributed by atoms with Crippen molar-refractivity contribution in [3.63, 3.8) is 0 Å². The van der Waals surface area contributed by atoms with Crippen LogP contribution in [0, 0.1) is 3.70 Å². The van der Waals surface area contributed by atoms with E-state index in [1.165, 1.54) is 21.0 Å². The fourth-order valence-electron chi connectivity index (χ4n) is 1.64. The summed E-state index contributed by atoms with van der Waals surface area (Å²) in [6.45, 7) is 3.30. The van der Waals surface area contributed by atoms with Gasteiger partial charge in [-0.1, -0.05) is 28.9 Å². The Bertz CT molecular complexity index is 462. The fraction of sp³-hybridized carbons (Fsp3) is 0.273. The average Bonchev–Trinajstić information content (AvgIpc) is 2.45. The molecule has 0 fully saturated rings. The highest BCUT2D eigenvalue weighted by Crippen LogP contribution is 2.24. The Kier molecular flexibility index (Phi) is 3.17. The van der Waals surface area contributed by atoms with Crippen molar-refractivity contribution in [2.24, 2.45) is 0 Å². The Morgan fingerprint density at radius 3 is 2.86 bits per heavy atom. The van der Waals surface area contributed by atoms with Crippen LogP contribution in [0.2, 0.25) is 0 Å². The zero-order valence-corrected chi connectivity index (χ0v) is 11.7. The molecule has 0 saturated heterocycles. The van der Waals surface area contributed by atoms with Gasteiger partial charge in [-0.15, -0.1) is 0 Å². The number of halogens is 2. The Morgan fingerprint density at radius 1 is 1.36 bits per heavy atom. The lowest BCUT2D eigenvalue weighted by Crippen LogP contribution is -1.97. The Hall–Kier alpha value is -0.0300. The lowest BCUT2D eigenvalue weighted by Gasteiger charge is -2.04. The van der Waals surface area contributed by atoms with E-state index in [1.54, 1.807) is 0 Å². The van der Waals surface area contributed by atoms with E-state index >= 15 is 0 Å². The third kappa shape index (κ3) is 1.84. The molecule has 0 spiro atoms. The minimum atomic E-state index is 1.10. The van der Waals surface area contributed by atoms with Crippen LogP contribution in [0.3, 0.4) is 0 Å². The van der Waals surface area contributed by atoms with E-state index in [-0.39, 0.29) is 0 Å². The summed E-state index contributed by atoms with van der Waals surface area (Å²) in [6, 6.07) is 8.67. The predicted octanol–water partition coefficient (Wildman–Crippen LogP) is 4.42. The number of fused-ring (bicyclic) bond motifs is 1. The molecule has 1 aromatic carbocycles. The number of aryl methyl sites for hydroxylation is 1. The predicted molar refractivity (Wildman–Crippen MR) is 72.6 cm³/mol. The van der Waals surface area contributed by atoms with E-state index < -0.39 is 0 Å². The van der Waals surface area contributed by atoms with Gasteiger partial charge in [-0.25, -0.2) is 0 Å². The Labute approximate surface area is 106 Å². The fourth-order valence-corrected chi connectivity index (χ4v) is 2.83. The first-order chi connectivity index (χ1) is 6.72. The van der Waals surface area contributed by atoms with E-state index in [4.69, 9.17) is 0 Å². The summed E-state index contributed by atoms with van der Waals surface area (Å²) >= 11 is 5.91. The van der Waals surface area contributed by atoms with Gasteiger partial charge in [0.25, 0.3) is 0 Å². The molecule has 2 aromatic rings. The van der Waals surface area contributed by atoms with Gasteiger partial charge in [0.1, 0.15) is 0 Å². The molecular formula is C11H11BrIN. The van der Waals surface area contributed by atoms with Crippen molar-refractivity contribution in [3.05, 3.63) is 32.4 Å². The maximum Gasteiger partial charge on any atom is 0.0809 e. The highest BCUT2D eigenvalue weighted by atomic mass is 127. The molecule has 0 saturated carbocycles. The average molecular weight is 364 g/mol. The molecular weight excluding hydrogens is 353 g/mol. The van der Waals surface area contributed by atoms with Crippen molar-refractivity contribution in [2.45, 2.75) is 19.9 Å². The number of hydrogen-bond acceptors (Lipinski definition) is 0. The first-order valence-corrected chi connectivity index (χ1v) is 6.54. The number of nitrogens with zero attached hydrogens (tertiary/aromatic N) is 1. The maximum absolute atomic E-state index is 3.51. The molecule has 14 heavy (non-hydrogen) atoms. The van der Waals surface area contributed by atoms with Crippen LogP contribution < -0.4 is 0 Å². The van der Waals surface area contributed by atoms with Gasteiger partial charge in [-0.2, -0.15) is 0 Å². The molecule has 74 valence electrons. The molecule has 0 N–H and O–H groups in total. The molecule has 0 unspecified atom stereocenters. The van der Waals surface area contributed by atoms with E-state index in [0.29, 0.717) is 0 Å². The second kappa shape index (κ2) is 4.23. The van der Waals surface area contributed by atoms with Crippen molar-refractivity contribution in [2.75, 3.05) is 0 Å². The van der Waals surface area contributed by atoms with Crippen molar-refractivity contribution in [3.8, 4) is 0 Å². The summed E-state index contributed by atoms with van der Waals surface area (Å²) in [5, 5.41) is 1.33. The van der Waals surface area contributed by atoms with Gasteiger partial charge >= 0.3 is 0 Å². The van der Waals surface area contributed by atoms with Crippen LogP contribution in [-0.2, 0) is 6.54 Å². The van der Waals surface area contributed by atoms with E-state index in [0.717, 1.165) is 11.0 Å². The minimum Gasteiger partial charge on any atom is -0.336 e. The summed E-state index contributed by atoms with van der Waals surface area (Å²) < 4.78 is 4.83. The zero-order valence-electron chi connectivity index (χ0n) is 7.93. The third-order valence-corrected chi connectivity index (χ3v) is 3.65. The van der Waals surface area contributed by atoms with Crippen molar-refractivity contribution in [1.82, 2.24) is 4.57 Å².